The third kappa shape index (κ3) is 4.50. The van der Waals surface area contributed by atoms with Crippen LogP contribution in [-0.4, -0.2) is 73.7 Å². The Morgan fingerprint density at radius 3 is 2.41 bits per heavy atom. The van der Waals surface area contributed by atoms with Gasteiger partial charge in [0, 0.05) is 51.7 Å². The number of hydrogen-bond donors (Lipinski definition) is 0. The first kappa shape index (κ1) is 20.0. The minimum absolute atomic E-state index is 0.0196. The van der Waals surface area contributed by atoms with E-state index in [0.29, 0.717) is 36.8 Å². The van der Waals surface area contributed by atoms with Gasteiger partial charge in [0.25, 0.3) is 11.8 Å². The molecule has 1 aromatic carbocycles. The van der Waals surface area contributed by atoms with Gasteiger partial charge in [0.1, 0.15) is 23.7 Å². The summed E-state index contributed by atoms with van der Waals surface area (Å²) in [5.41, 5.74) is 0.588. The van der Waals surface area contributed by atoms with Gasteiger partial charge in [-0.25, -0.2) is 0 Å². The van der Waals surface area contributed by atoms with E-state index in [4.69, 9.17) is 14.2 Å². The number of piperidine rings is 1. The number of benzene rings is 1. The Kier molecular flexibility index (Phi) is 6.23. The predicted molar refractivity (Wildman–Crippen MR) is 107 cm³/mol. The molecule has 158 valence electrons. The Hall–Kier alpha value is -2.28. The molecule has 4 rings (SSSR count). The van der Waals surface area contributed by atoms with E-state index >= 15 is 0 Å². The summed E-state index contributed by atoms with van der Waals surface area (Å²) in [4.78, 5) is 29.2. The maximum atomic E-state index is 12.9. The lowest BCUT2D eigenvalue weighted by Gasteiger charge is -2.33. The second-order valence-corrected chi connectivity index (χ2v) is 8.01. The van der Waals surface area contributed by atoms with Crippen LogP contribution in [0, 0.1) is 0 Å². The van der Waals surface area contributed by atoms with Crippen LogP contribution in [0.2, 0.25) is 0 Å². The van der Waals surface area contributed by atoms with Crippen molar-refractivity contribution < 1.29 is 23.8 Å². The molecule has 2 amide bonds. The Bertz CT molecular complexity index is 733. The van der Waals surface area contributed by atoms with Crippen molar-refractivity contribution >= 4 is 11.8 Å². The number of rotatable bonds is 5. The van der Waals surface area contributed by atoms with Gasteiger partial charge in [-0.2, -0.15) is 0 Å². The molecular weight excluding hydrogens is 372 g/mol. The number of carbonyl (C=O) groups excluding carboxylic acids is 2. The number of methoxy groups -OCH3 is 1. The fourth-order valence-electron chi connectivity index (χ4n) is 4.34. The van der Waals surface area contributed by atoms with E-state index in [1.807, 2.05) is 9.80 Å². The summed E-state index contributed by atoms with van der Waals surface area (Å²) in [5.74, 6) is 1.37. The zero-order valence-corrected chi connectivity index (χ0v) is 17.1. The Labute approximate surface area is 171 Å². The number of amides is 2. The summed E-state index contributed by atoms with van der Waals surface area (Å²) >= 11 is 0. The van der Waals surface area contributed by atoms with E-state index in [-0.39, 0.29) is 24.0 Å². The largest absolute Gasteiger partial charge is 0.497 e. The standard InChI is InChI=1S/C22H30N2O5/c1-27-17-6-7-18(21(25)23-10-2-3-11-23)20(15-17)29-16-8-12-24(13-9-16)22(26)19-5-4-14-28-19/h6-7,15-16,19H,2-5,8-14H2,1H3/t19-/m1/s1. The molecule has 29 heavy (non-hydrogen) atoms. The fourth-order valence-corrected chi connectivity index (χ4v) is 4.34. The van der Waals surface area contributed by atoms with Crippen LogP contribution in [0.25, 0.3) is 0 Å². The van der Waals surface area contributed by atoms with Crippen LogP contribution in [0.1, 0.15) is 48.9 Å². The van der Waals surface area contributed by atoms with Crippen LogP contribution in [0.5, 0.6) is 11.5 Å². The van der Waals surface area contributed by atoms with Crippen LogP contribution in [0.15, 0.2) is 18.2 Å². The molecule has 0 aromatic heterocycles. The quantitative estimate of drug-likeness (QED) is 0.757. The second kappa shape index (κ2) is 9.03. The van der Waals surface area contributed by atoms with Crippen molar-refractivity contribution in [2.24, 2.45) is 0 Å². The highest BCUT2D eigenvalue weighted by Crippen LogP contribution is 2.30. The molecule has 3 aliphatic rings. The van der Waals surface area contributed by atoms with Gasteiger partial charge in [-0.15, -0.1) is 0 Å². The second-order valence-electron chi connectivity index (χ2n) is 8.01. The lowest BCUT2D eigenvalue weighted by atomic mass is 10.1. The molecule has 0 radical (unpaired) electrons. The Morgan fingerprint density at radius 1 is 1.00 bits per heavy atom. The van der Waals surface area contributed by atoms with Gasteiger partial charge < -0.3 is 24.0 Å². The minimum atomic E-state index is -0.268. The molecule has 1 aromatic rings. The van der Waals surface area contributed by atoms with Crippen LogP contribution in [-0.2, 0) is 9.53 Å². The predicted octanol–water partition coefficient (Wildman–Crippen LogP) is 2.48. The van der Waals surface area contributed by atoms with Crippen molar-refractivity contribution in [2.75, 3.05) is 39.9 Å². The minimum Gasteiger partial charge on any atom is -0.497 e. The molecule has 3 aliphatic heterocycles. The van der Waals surface area contributed by atoms with Crippen molar-refractivity contribution in [3.05, 3.63) is 23.8 Å². The molecular formula is C22H30N2O5. The van der Waals surface area contributed by atoms with Gasteiger partial charge in [-0.1, -0.05) is 0 Å². The summed E-state index contributed by atoms with van der Waals surface area (Å²) in [6, 6.07) is 5.40. The average molecular weight is 402 g/mol. The van der Waals surface area contributed by atoms with E-state index < -0.39 is 0 Å². The van der Waals surface area contributed by atoms with Gasteiger partial charge in [0.2, 0.25) is 0 Å². The molecule has 0 aliphatic carbocycles. The van der Waals surface area contributed by atoms with Gasteiger partial charge in [0.05, 0.1) is 12.7 Å². The number of hydrogen-bond acceptors (Lipinski definition) is 5. The molecule has 0 unspecified atom stereocenters. The Morgan fingerprint density at radius 2 is 1.76 bits per heavy atom. The molecule has 0 bridgehead atoms. The van der Waals surface area contributed by atoms with E-state index in [1.165, 1.54) is 0 Å². The monoisotopic (exact) mass is 402 g/mol. The summed E-state index contributed by atoms with van der Waals surface area (Å²) in [6.07, 6.45) is 5.07. The highest BCUT2D eigenvalue weighted by molar-refractivity contribution is 5.97. The third-order valence-electron chi connectivity index (χ3n) is 6.06. The molecule has 7 nitrogen and oxygen atoms in total. The normalized spacial score (nSPS) is 22.7. The maximum absolute atomic E-state index is 12.9. The van der Waals surface area contributed by atoms with Crippen molar-refractivity contribution in [1.82, 2.24) is 9.80 Å². The van der Waals surface area contributed by atoms with E-state index in [1.54, 1.807) is 25.3 Å². The van der Waals surface area contributed by atoms with Gasteiger partial charge in [0.15, 0.2) is 0 Å². The van der Waals surface area contributed by atoms with Crippen molar-refractivity contribution in [2.45, 2.75) is 50.7 Å². The summed E-state index contributed by atoms with van der Waals surface area (Å²) in [6.45, 7) is 3.59. The molecule has 3 heterocycles. The molecule has 0 N–H and O–H groups in total. The fraction of sp³-hybridized carbons (Fsp3) is 0.636. The van der Waals surface area contributed by atoms with Crippen molar-refractivity contribution in [1.29, 1.82) is 0 Å². The molecule has 7 heteroatoms. The molecule has 3 saturated heterocycles. The zero-order chi connectivity index (χ0) is 20.2. The lowest BCUT2D eigenvalue weighted by Crippen LogP contribution is -2.46. The van der Waals surface area contributed by atoms with E-state index in [2.05, 4.69) is 0 Å². The van der Waals surface area contributed by atoms with Crippen molar-refractivity contribution in [3.63, 3.8) is 0 Å². The van der Waals surface area contributed by atoms with Crippen LogP contribution in [0.3, 0.4) is 0 Å². The van der Waals surface area contributed by atoms with Gasteiger partial charge >= 0.3 is 0 Å². The molecule has 3 fully saturated rings. The Balaban J connectivity index is 1.41. The highest BCUT2D eigenvalue weighted by Gasteiger charge is 2.32. The number of nitrogens with zero attached hydrogens (tertiary/aromatic N) is 2. The number of likely N-dealkylation sites (tertiary alicyclic amines) is 2. The summed E-state index contributed by atoms with van der Waals surface area (Å²) < 4.78 is 17.1. The molecule has 0 spiro atoms. The average Bonchev–Trinajstić information content (AvgIpc) is 3.47. The molecule has 1 atom stereocenters. The molecule has 0 saturated carbocycles. The van der Waals surface area contributed by atoms with Crippen LogP contribution < -0.4 is 9.47 Å². The first-order valence-electron chi connectivity index (χ1n) is 10.7. The summed E-state index contributed by atoms with van der Waals surface area (Å²) in [5, 5.41) is 0. The lowest BCUT2D eigenvalue weighted by molar-refractivity contribution is -0.142. The van der Waals surface area contributed by atoms with Crippen LogP contribution >= 0.6 is 0 Å². The first-order chi connectivity index (χ1) is 14.2. The number of ether oxygens (including phenoxy) is 3. The topological polar surface area (TPSA) is 68.3 Å². The summed E-state index contributed by atoms with van der Waals surface area (Å²) in [7, 11) is 1.61. The third-order valence-corrected chi connectivity index (χ3v) is 6.06. The smallest absolute Gasteiger partial charge is 0.257 e. The highest BCUT2D eigenvalue weighted by atomic mass is 16.5. The van der Waals surface area contributed by atoms with Gasteiger partial charge in [-0.3, -0.25) is 9.59 Å². The first-order valence-corrected chi connectivity index (χ1v) is 10.7. The number of carbonyl (C=O) groups is 2. The van der Waals surface area contributed by atoms with E-state index in [9.17, 15) is 9.59 Å². The van der Waals surface area contributed by atoms with Gasteiger partial charge in [-0.05, 0) is 37.8 Å². The SMILES string of the molecule is COc1ccc(C(=O)N2CCCC2)c(OC2CCN(C(=O)[C@H]3CCCO3)CC2)c1. The van der Waals surface area contributed by atoms with Crippen LogP contribution in [0.4, 0.5) is 0 Å². The zero-order valence-electron chi connectivity index (χ0n) is 17.1. The van der Waals surface area contributed by atoms with E-state index in [0.717, 1.165) is 51.6 Å². The maximum Gasteiger partial charge on any atom is 0.257 e. The van der Waals surface area contributed by atoms with Crippen molar-refractivity contribution in [3.8, 4) is 11.5 Å².